The molecule has 0 spiro atoms. The topological polar surface area (TPSA) is 72.2 Å². The second-order valence-corrected chi connectivity index (χ2v) is 8.96. The maximum atomic E-state index is 13.5. The number of carboxylic acids is 1. The van der Waals surface area contributed by atoms with E-state index in [4.69, 9.17) is 10.1 Å². The molecule has 0 unspecified atom stereocenters. The minimum atomic E-state index is -0.844. The van der Waals surface area contributed by atoms with Crippen molar-refractivity contribution in [2.75, 3.05) is 0 Å². The zero-order valence-corrected chi connectivity index (χ0v) is 17.7. The van der Waals surface area contributed by atoms with Gasteiger partial charge in [-0.15, -0.1) is 11.3 Å². The van der Waals surface area contributed by atoms with Crippen LogP contribution >= 0.6 is 11.3 Å². The average molecular weight is 411 g/mol. The zero-order valence-electron chi connectivity index (χ0n) is 16.9. The monoisotopic (exact) mass is 410 g/mol. The van der Waals surface area contributed by atoms with Crippen LogP contribution in [-0.2, 0) is 24.2 Å². The molecule has 5 nitrogen and oxygen atoms in total. The van der Waals surface area contributed by atoms with Gasteiger partial charge in [-0.1, -0.05) is 32.0 Å². The first-order valence-corrected chi connectivity index (χ1v) is 11.2. The lowest BCUT2D eigenvalue weighted by Crippen LogP contribution is -2.26. The summed E-state index contributed by atoms with van der Waals surface area (Å²) in [5, 5.41) is 11.7. The van der Waals surface area contributed by atoms with Crippen LogP contribution in [0.1, 0.15) is 62.4 Å². The molecule has 3 aromatic rings. The van der Waals surface area contributed by atoms with Crippen LogP contribution in [0.2, 0.25) is 0 Å². The van der Waals surface area contributed by atoms with E-state index in [0.29, 0.717) is 18.4 Å². The number of hydrogen-bond acceptors (Lipinski definition) is 4. The molecule has 0 atom stereocenters. The SMILES string of the molecule is CC(C)c1nc2scc(-c3ccc4c(c3)CCCC4)c2c(=O)n1CCCC(=O)O. The Morgan fingerprint density at radius 2 is 2.00 bits per heavy atom. The minimum Gasteiger partial charge on any atom is -0.481 e. The summed E-state index contributed by atoms with van der Waals surface area (Å²) < 4.78 is 1.69. The lowest BCUT2D eigenvalue weighted by atomic mass is 9.89. The van der Waals surface area contributed by atoms with Gasteiger partial charge in [-0.25, -0.2) is 4.98 Å². The molecule has 0 radical (unpaired) electrons. The fourth-order valence-electron chi connectivity index (χ4n) is 4.20. The molecule has 1 aliphatic carbocycles. The first-order valence-electron chi connectivity index (χ1n) is 10.3. The van der Waals surface area contributed by atoms with Gasteiger partial charge in [-0.3, -0.25) is 14.2 Å². The molecule has 2 heterocycles. The van der Waals surface area contributed by atoms with E-state index < -0.39 is 5.97 Å². The quantitative estimate of drug-likeness (QED) is 0.621. The molecule has 4 rings (SSSR count). The Balaban J connectivity index is 1.82. The van der Waals surface area contributed by atoms with E-state index in [2.05, 4.69) is 18.2 Å². The van der Waals surface area contributed by atoms with E-state index >= 15 is 0 Å². The first-order chi connectivity index (χ1) is 14.0. The molecule has 0 aliphatic heterocycles. The van der Waals surface area contributed by atoms with Crippen LogP contribution in [-0.4, -0.2) is 20.6 Å². The number of rotatable bonds is 6. The van der Waals surface area contributed by atoms with Crippen LogP contribution in [0.4, 0.5) is 0 Å². The Morgan fingerprint density at radius 1 is 1.24 bits per heavy atom. The van der Waals surface area contributed by atoms with E-state index in [1.807, 2.05) is 19.2 Å². The number of thiophene rings is 1. The van der Waals surface area contributed by atoms with Crippen LogP contribution in [0.3, 0.4) is 0 Å². The van der Waals surface area contributed by atoms with Crippen molar-refractivity contribution < 1.29 is 9.90 Å². The number of aromatic nitrogens is 2. The van der Waals surface area contributed by atoms with E-state index in [0.717, 1.165) is 34.6 Å². The van der Waals surface area contributed by atoms with Crippen molar-refractivity contribution in [3.8, 4) is 11.1 Å². The fraction of sp³-hybridized carbons (Fsp3) is 0.435. The summed E-state index contributed by atoms with van der Waals surface area (Å²) in [4.78, 5) is 29.9. The molecular weight excluding hydrogens is 384 g/mol. The molecule has 0 fully saturated rings. The van der Waals surface area contributed by atoms with E-state index in [1.165, 1.54) is 35.3 Å². The highest BCUT2D eigenvalue weighted by molar-refractivity contribution is 7.17. The predicted octanol–water partition coefficient (Wildman–Crippen LogP) is 4.99. The molecule has 152 valence electrons. The first kappa shape index (κ1) is 19.8. The van der Waals surface area contributed by atoms with Crippen molar-refractivity contribution in [2.24, 2.45) is 0 Å². The van der Waals surface area contributed by atoms with Gasteiger partial charge < -0.3 is 5.11 Å². The summed E-state index contributed by atoms with van der Waals surface area (Å²) >= 11 is 1.51. The minimum absolute atomic E-state index is 0.0450. The van der Waals surface area contributed by atoms with Gasteiger partial charge in [0.05, 0.1) is 5.39 Å². The summed E-state index contributed by atoms with van der Waals surface area (Å²) in [6.45, 7) is 4.40. The Labute approximate surface area is 174 Å². The molecule has 0 saturated heterocycles. The van der Waals surface area contributed by atoms with Gasteiger partial charge in [0.15, 0.2) is 0 Å². The molecule has 6 heteroatoms. The third-order valence-corrected chi connectivity index (χ3v) is 6.54. The highest BCUT2D eigenvalue weighted by atomic mass is 32.1. The van der Waals surface area contributed by atoms with Crippen LogP contribution in [0.5, 0.6) is 0 Å². The normalized spacial score (nSPS) is 13.8. The zero-order chi connectivity index (χ0) is 20.5. The number of carboxylic acid groups (broad SMARTS) is 1. The van der Waals surface area contributed by atoms with Gasteiger partial charge in [-0.2, -0.15) is 0 Å². The third-order valence-electron chi connectivity index (χ3n) is 5.67. The van der Waals surface area contributed by atoms with Gasteiger partial charge in [0, 0.05) is 29.8 Å². The van der Waals surface area contributed by atoms with Gasteiger partial charge in [-0.05, 0) is 48.8 Å². The smallest absolute Gasteiger partial charge is 0.303 e. The Hall–Kier alpha value is -2.47. The van der Waals surface area contributed by atoms with Gasteiger partial charge in [0.25, 0.3) is 5.56 Å². The van der Waals surface area contributed by atoms with Crippen LogP contribution < -0.4 is 5.56 Å². The third kappa shape index (κ3) is 3.86. The van der Waals surface area contributed by atoms with Gasteiger partial charge in [0.2, 0.25) is 0 Å². The number of benzene rings is 1. The number of nitrogens with zero attached hydrogens (tertiary/aromatic N) is 2. The van der Waals surface area contributed by atoms with E-state index in [-0.39, 0.29) is 17.9 Å². The summed E-state index contributed by atoms with van der Waals surface area (Å²) in [5.74, 6) is -0.0265. The Morgan fingerprint density at radius 3 is 2.72 bits per heavy atom. The van der Waals surface area contributed by atoms with E-state index in [9.17, 15) is 9.59 Å². The maximum Gasteiger partial charge on any atom is 0.303 e. The lowest BCUT2D eigenvalue weighted by molar-refractivity contribution is -0.137. The number of fused-ring (bicyclic) bond motifs is 2. The molecule has 2 aromatic heterocycles. The van der Waals surface area contributed by atoms with Crippen LogP contribution in [0.25, 0.3) is 21.3 Å². The predicted molar refractivity (Wildman–Crippen MR) is 117 cm³/mol. The Bertz CT molecular complexity index is 1130. The van der Waals surface area contributed by atoms with Crippen molar-refractivity contribution in [2.45, 2.75) is 64.8 Å². The number of aryl methyl sites for hydroxylation is 2. The molecule has 1 aliphatic rings. The number of hydrogen-bond donors (Lipinski definition) is 1. The molecular formula is C23H26N2O3S. The van der Waals surface area contributed by atoms with Crippen LogP contribution in [0.15, 0.2) is 28.4 Å². The standard InChI is InChI=1S/C23H26N2O3S/c1-14(2)21-24-22-20(23(28)25(21)11-5-8-19(26)27)18(13-29-22)17-10-9-15-6-3-4-7-16(15)12-17/h9-10,12-14H,3-8,11H2,1-2H3,(H,26,27). The molecule has 1 aromatic carbocycles. The number of carbonyl (C=O) groups is 1. The maximum absolute atomic E-state index is 13.5. The van der Waals surface area contributed by atoms with E-state index in [1.54, 1.807) is 4.57 Å². The molecule has 0 saturated carbocycles. The van der Waals surface area contributed by atoms with Crippen molar-refractivity contribution >= 4 is 27.5 Å². The average Bonchev–Trinajstić information content (AvgIpc) is 3.13. The summed E-state index contributed by atoms with van der Waals surface area (Å²) in [7, 11) is 0. The fourth-order valence-corrected chi connectivity index (χ4v) is 5.14. The lowest BCUT2D eigenvalue weighted by Gasteiger charge is -2.17. The van der Waals surface area contributed by atoms with Gasteiger partial charge >= 0.3 is 5.97 Å². The van der Waals surface area contributed by atoms with Crippen molar-refractivity contribution in [1.82, 2.24) is 9.55 Å². The van der Waals surface area contributed by atoms with Crippen LogP contribution in [0, 0.1) is 0 Å². The second kappa shape index (κ2) is 8.11. The largest absolute Gasteiger partial charge is 0.481 e. The van der Waals surface area contributed by atoms with Crippen molar-refractivity contribution in [3.63, 3.8) is 0 Å². The highest BCUT2D eigenvalue weighted by Crippen LogP contribution is 2.34. The summed E-state index contributed by atoms with van der Waals surface area (Å²) in [5.41, 5.74) is 4.77. The molecule has 1 N–H and O–H groups in total. The van der Waals surface area contributed by atoms with Gasteiger partial charge in [0.1, 0.15) is 10.7 Å². The number of aliphatic carboxylic acids is 1. The summed E-state index contributed by atoms with van der Waals surface area (Å²) in [6.07, 6.45) is 5.16. The second-order valence-electron chi connectivity index (χ2n) is 8.10. The van der Waals surface area contributed by atoms with Crippen molar-refractivity contribution in [1.29, 1.82) is 0 Å². The summed E-state index contributed by atoms with van der Waals surface area (Å²) in [6, 6.07) is 6.56. The molecule has 0 bridgehead atoms. The highest BCUT2D eigenvalue weighted by Gasteiger charge is 2.19. The Kier molecular flexibility index (Phi) is 5.54. The molecule has 0 amide bonds. The van der Waals surface area contributed by atoms with Crippen molar-refractivity contribution in [3.05, 3.63) is 50.9 Å². The molecule has 29 heavy (non-hydrogen) atoms.